The van der Waals surface area contributed by atoms with Gasteiger partial charge >= 0.3 is 5.97 Å². The van der Waals surface area contributed by atoms with Crippen LogP contribution in [0.4, 0.5) is 0 Å². The van der Waals surface area contributed by atoms with Gasteiger partial charge in [-0.15, -0.1) is 0 Å². The van der Waals surface area contributed by atoms with Crippen LogP contribution in [0.3, 0.4) is 0 Å². The molecular formula is C15H19NO2. The molecule has 2 atom stereocenters. The highest BCUT2D eigenvalue weighted by Crippen LogP contribution is 2.26. The summed E-state index contributed by atoms with van der Waals surface area (Å²) >= 11 is 0. The van der Waals surface area contributed by atoms with Gasteiger partial charge in [0.1, 0.15) is 5.60 Å². The van der Waals surface area contributed by atoms with Crippen LogP contribution in [0.15, 0.2) is 30.3 Å². The van der Waals surface area contributed by atoms with E-state index in [2.05, 4.69) is 6.07 Å². The molecule has 1 aromatic rings. The number of carbonyl (C=O) groups is 1. The second-order valence-corrected chi connectivity index (χ2v) is 5.34. The largest absolute Gasteiger partial charge is 0.460 e. The van der Waals surface area contributed by atoms with E-state index < -0.39 is 17.4 Å². The van der Waals surface area contributed by atoms with Gasteiger partial charge in [-0.3, -0.25) is 4.79 Å². The molecule has 0 bridgehead atoms. The Morgan fingerprint density at radius 1 is 1.28 bits per heavy atom. The van der Waals surface area contributed by atoms with Crippen LogP contribution < -0.4 is 0 Å². The van der Waals surface area contributed by atoms with E-state index in [0.717, 1.165) is 5.56 Å². The van der Waals surface area contributed by atoms with Crippen molar-refractivity contribution in [2.75, 3.05) is 0 Å². The van der Waals surface area contributed by atoms with Crippen molar-refractivity contribution < 1.29 is 9.53 Å². The average Bonchev–Trinajstić information content (AvgIpc) is 2.29. The monoisotopic (exact) mass is 245 g/mol. The smallest absolute Gasteiger partial charge is 0.310 e. The van der Waals surface area contributed by atoms with E-state index >= 15 is 0 Å². The van der Waals surface area contributed by atoms with E-state index in [1.165, 1.54) is 0 Å². The zero-order valence-electron chi connectivity index (χ0n) is 11.3. The molecule has 0 spiro atoms. The molecule has 0 aliphatic rings. The van der Waals surface area contributed by atoms with Gasteiger partial charge in [0, 0.05) is 0 Å². The van der Waals surface area contributed by atoms with Crippen molar-refractivity contribution in [3.05, 3.63) is 35.9 Å². The van der Waals surface area contributed by atoms with Crippen LogP contribution in [0.5, 0.6) is 0 Å². The number of esters is 1. The molecule has 1 rings (SSSR count). The predicted octanol–water partition coefficient (Wildman–Crippen LogP) is 3.27. The summed E-state index contributed by atoms with van der Waals surface area (Å²) < 4.78 is 5.31. The first-order chi connectivity index (χ1) is 8.35. The Kier molecular flexibility index (Phi) is 4.49. The third kappa shape index (κ3) is 3.89. The van der Waals surface area contributed by atoms with Crippen molar-refractivity contribution in [2.24, 2.45) is 5.92 Å². The fourth-order valence-corrected chi connectivity index (χ4v) is 1.67. The number of hydrogen-bond donors (Lipinski definition) is 0. The third-order valence-electron chi connectivity index (χ3n) is 2.58. The second kappa shape index (κ2) is 5.68. The fourth-order valence-electron chi connectivity index (χ4n) is 1.67. The maximum atomic E-state index is 12.0. The van der Waals surface area contributed by atoms with Gasteiger partial charge in [-0.25, -0.2) is 0 Å². The van der Waals surface area contributed by atoms with Crippen LogP contribution in [-0.4, -0.2) is 11.6 Å². The van der Waals surface area contributed by atoms with Crippen LogP contribution in [0.1, 0.15) is 39.2 Å². The highest BCUT2D eigenvalue weighted by Gasteiger charge is 2.29. The lowest BCUT2D eigenvalue weighted by molar-refractivity contribution is -0.159. The molecule has 3 nitrogen and oxygen atoms in total. The second-order valence-electron chi connectivity index (χ2n) is 5.34. The van der Waals surface area contributed by atoms with Crippen LogP contribution in [0, 0.1) is 17.2 Å². The lowest BCUT2D eigenvalue weighted by Gasteiger charge is -2.24. The van der Waals surface area contributed by atoms with Gasteiger partial charge in [0.2, 0.25) is 0 Å². The van der Waals surface area contributed by atoms with Gasteiger partial charge in [-0.05, 0) is 26.3 Å². The van der Waals surface area contributed by atoms with Gasteiger partial charge in [-0.2, -0.15) is 5.26 Å². The maximum Gasteiger partial charge on any atom is 0.310 e. The summed E-state index contributed by atoms with van der Waals surface area (Å²) in [6.07, 6.45) is 0. The summed E-state index contributed by atoms with van der Waals surface area (Å²) in [5.41, 5.74) is 0.320. The molecule has 0 aromatic heterocycles. The molecule has 18 heavy (non-hydrogen) atoms. The van der Waals surface area contributed by atoms with Crippen molar-refractivity contribution in [2.45, 2.75) is 39.2 Å². The Morgan fingerprint density at radius 3 is 2.28 bits per heavy atom. The fraction of sp³-hybridized carbons (Fsp3) is 0.467. The van der Waals surface area contributed by atoms with Crippen molar-refractivity contribution in [3.63, 3.8) is 0 Å². The minimum Gasteiger partial charge on any atom is -0.460 e. The number of rotatable bonds is 3. The first-order valence-corrected chi connectivity index (χ1v) is 6.02. The molecule has 1 aromatic carbocycles. The van der Waals surface area contributed by atoms with Gasteiger partial charge < -0.3 is 4.74 Å². The lowest BCUT2D eigenvalue weighted by Crippen LogP contribution is -2.30. The minimum atomic E-state index is -0.526. The van der Waals surface area contributed by atoms with Gasteiger partial charge in [0.15, 0.2) is 0 Å². The molecule has 96 valence electrons. The summed E-state index contributed by atoms with van der Waals surface area (Å²) in [6, 6.07) is 11.5. The molecule has 0 radical (unpaired) electrons. The van der Waals surface area contributed by atoms with E-state index in [9.17, 15) is 10.1 Å². The molecule has 3 heteroatoms. The molecule has 2 unspecified atom stereocenters. The minimum absolute atomic E-state index is 0.335. The molecule has 0 saturated carbocycles. The van der Waals surface area contributed by atoms with Crippen LogP contribution in [-0.2, 0) is 9.53 Å². The number of hydrogen-bond acceptors (Lipinski definition) is 3. The van der Waals surface area contributed by atoms with Crippen LogP contribution in [0.25, 0.3) is 0 Å². The standard InChI is InChI=1S/C15H19NO2/c1-11(14(17)18-15(2,3)4)13(10-16)12-8-6-5-7-9-12/h5-9,11,13H,1-4H3. The highest BCUT2D eigenvalue weighted by atomic mass is 16.6. The van der Waals surface area contributed by atoms with Crippen molar-refractivity contribution in [1.29, 1.82) is 5.26 Å². The van der Waals surface area contributed by atoms with Crippen LogP contribution >= 0.6 is 0 Å². The Morgan fingerprint density at radius 2 is 1.83 bits per heavy atom. The quantitative estimate of drug-likeness (QED) is 0.768. The number of nitriles is 1. The number of nitrogens with zero attached hydrogens (tertiary/aromatic N) is 1. The lowest BCUT2D eigenvalue weighted by atomic mass is 9.88. The summed E-state index contributed by atoms with van der Waals surface area (Å²) in [5.74, 6) is -1.28. The highest BCUT2D eigenvalue weighted by molar-refractivity contribution is 5.74. The normalized spacial score (nSPS) is 14.4. The van der Waals surface area contributed by atoms with E-state index in [4.69, 9.17) is 4.74 Å². The number of carbonyl (C=O) groups excluding carboxylic acids is 1. The molecule has 0 aliphatic heterocycles. The third-order valence-corrected chi connectivity index (χ3v) is 2.58. The number of ether oxygens (including phenoxy) is 1. The van der Waals surface area contributed by atoms with Gasteiger partial charge in [0.25, 0.3) is 0 Å². The maximum absolute atomic E-state index is 12.0. The van der Waals surface area contributed by atoms with E-state index in [-0.39, 0.29) is 5.97 Å². The molecule has 0 aliphatic carbocycles. The molecule has 0 amide bonds. The zero-order chi connectivity index (χ0) is 13.8. The summed E-state index contributed by atoms with van der Waals surface area (Å²) in [4.78, 5) is 12.0. The van der Waals surface area contributed by atoms with Gasteiger partial charge in [0.05, 0.1) is 17.9 Å². The molecular weight excluding hydrogens is 226 g/mol. The summed E-state index contributed by atoms with van der Waals surface area (Å²) in [6.45, 7) is 7.19. The predicted molar refractivity (Wildman–Crippen MR) is 69.8 cm³/mol. The van der Waals surface area contributed by atoms with Gasteiger partial charge in [-0.1, -0.05) is 37.3 Å². The molecule has 0 saturated heterocycles. The SMILES string of the molecule is CC(C(=O)OC(C)(C)C)C(C#N)c1ccccc1. The summed E-state index contributed by atoms with van der Waals surface area (Å²) in [7, 11) is 0. The van der Waals surface area contributed by atoms with Crippen molar-refractivity contribution in [3.8, 4) is 6.07 Å². The molecule has 0 heterocycles. The first-order valence-electron chi connectivity index (χ1n) is 6.02. The Hall–Kier alpha value is -1.82. The molecule has 0 N–H and O–H groups in total. The first kappa shape index (κ1) is 14.2. The van der Waals surface area contributed by atoms with Crippen LogP contribution in [0.2, 0.25) is 0 Å². The molecule has 0 fully saturated rings. The number of benzene rings is 1. The van der Waals surface area contributed by atoms with E-state index in [1.807, 2.05) is 51.1 Å². The Labute approximate surface area is 108 Å². The van der Waals surface area contributed by atoms with E-state index in [0.29, 0.717) is 0 Å². The summed E-state index contributed by atoms with van der Waals surface area (Å²) in [5, 5.41) is 9.24. The topological polar surface area (TPSA) is 50.1 Å². The average molecular weight is 245 g/mol. The Bertz CT molecular complexity index is 440. The zero-order valence-corrected chi connectivity index (χ0v) is 11.3. The van der Waals surface area contributed by atoms with E-state index in [1.54, 1.807) is 6.92 Å². The van der Waals surface area contributed by atoms with Crippen molar-refractivity contribution >= 4 is 5.97 Å². The Balaban J connectivity index is 2.85. The van der Waals surface area contributed by atoms with Crippen molar-refractivity contribution in [1.82, 2.24) is 0 Å².